The van der Waals surface area contributed by atoms with Gasteiger partial charge in [0.2, 0.25) is 5.91 Å². The van der Waals surface area contributed by atoms with Crippen molar-refractivity contribution in [1.29, 1.82) is 0 Å². The number of hydrogen-bond acceptors (Lipinski definition) is 7. The number of ketones is 1. The van der Waals surface area contributed by atoms with Gasteiger partial charge < -0.3 is 15.4 Å². The Balaban J connectivity index is 2.27. The highest BCUT2D eigenvalue weighted by Gasteiger charge is 2.20. The summed E-state index contributed by atoms with van der Waals surface area (Å²) in [5.74, 6) is -0.218. The maximum Gasteiger partial charge on any atom is 0.271 e. The maximum absolute atomic E-state index is 11.6. The molecule has 1 amide bonds. The highest BCUT2D eigenvalue weighted by Crippen LogP contribution is 2.15. The molecule has 116 valence electrons. The number of nitrogens with zero attached hydrogens (tertiary/aromatic N) is 1. The molecule has 8 heteroatoms. The smallest absolute Gasteiger partial charge is 0.271 e. The van der Waals surface area contributed by atoms with Crippen LogP contribution in [0.15, 0.2) is 9.59 Å². The fourth-order valence-corrected chi connectivity index (χ4v) is 1.85. The molecule has 0 aromatic heterocycles. The molecular weight excluding hydrogens is 278 g/mol. The van der Waals surface area contributed by atoms with Crippen molar-refractivity contribution in [2.24, 2.45) is 0 Å². The van der Waals surface area contributed by atoms with Crippen LogP contribution in [0.4, 0.5) is 5.69 Å². The Kier molecular flexibility index (Phi) is 6.04. The molecule has 1 aromatic rings. The normalized spacial score (nSPS) is 10.7. The summed E-state index contributed by atoms with van der Waals surface area (Å²) in [5, 5.41) is 5.38. The van der Waals surface area contributed by atoms with E-state index in [9.17, 15) is 19.2 Å². The fraction of sp³-hybridized carbons (Fsp3) is 0.538. The summed E-state index contributed by atoms with van der Waals surface area (Å²) >= 11 is 0. The number of Topliss-reactive ketones (excluding diaryl/α,β-unsaturated/α-hetero) is 1. The van der Waals surface area contributed by atoms with Gasteiger partial charge in [-0.3, -0.25) is 24.1 Å². The first-order valence-electron chi connectivity index (χ1n) is 6.42. The summed E-state index contributed by atoms with van der Waals surface area (Å²) in [4.78, 5) is 46.3. The molecule has 0 heterocycles. The van der Waals surface area contributed by atoms with Crippen molar-refractivity contribution >= 4 is 17.4 Å². The molecule has 0 unspecified atom stereocenters. The zero-order valence-electron chi connectivity index (χ0n) is 12.3. The quantitative estimate of drug-likeness (QED) is 0.415. The zero-order chi connectivity index (χ0) is 16.0. The molecule has 2 N–H and O–H groups in total. The van der Waals surface area contributed by atoms with Crippen LogP contribution in [-0.2, 0) is 9.59 Å². The molecular formula is C13H19N3O5. The second-order valence-electron chi connectivity index (χ2n) is 4.72. The van der Waals surface area contributed by atoms with E-state index in [4.69, 9.17) is 4.74 Å². The Bertz CT molecular complexity index is 589. The Hall–Kier alpha value is -2.22. The van der Waals surface area contributed by atoms with E-state index in [2.05, 4.69) is 10.6 Å². The molecule has 0 saturated carbocycles. The topological polar surface area (TPSA) is 105 Å². The Morgan fingerprint density at radius 3 is 2.38 bits per heavy atom. The first-order valence-corrected chi connectivity index (χ1v) is 6.42. The van der Waals surface area contributed by atoms with Crippen LogP contribution in [0.25, 0.3) is 0 Å². The lowest BCUT2D eigenvalue weighted by atomic mass is 10.2. The molecule has 1 aromatic carbocycles. The molecule has 0 saturated heterocycles. The van der Waals surface area contributed by atoms with Crippen molar-refractivity contribution in [3.05, 3.63) is 20.4 Å². The van der Waals surface area contributed by atoms with Gasteiger partial charge in [0.15, 0.2) is 5.75 Å². The number of rotatable bonds is 9. The van der Waals surface area contributed by atoms with E-state index < -0.39 is 10.9 Å². The minimum atomic E-state index is -0.644. The molecule has 0 radical (unpaired) electrons. The summed E-state index contributed by atoms with van der Waals surface area (Å²) in [6, 6.07) is 0. The van der Waals surface area contributed by atoms with Crippen molar-refractivity contribution in [3.8, 4) is 5.75 Å². The van der Waals surface area contributed by atoms with E-state index >= 15 is 0 Å². The fourth-order valence-electron chi connectivity index (χ4n) is 1.85. The predicted octanol–water partition coefficient (Wildman–Crippen LogP) is -1.66. The molecule has 0 aliphatic heterocycles. The number of methoxy groups -OCH3 is 1. The maximum atomic E-state index is 11.6. The van der Waals surface area contributed by atoms with Crippen LogP contribution in [0.1, 0.15) is 6.92 Å². The van der Waals surface area contributed by atoms with E-state index in [1.165, 1.54) is 14.0 Å². The number of ether oxygens (including phenoxy) is 1. The van der Waals surface area contributed by atoms with Gasteiger partial charge in [-0.1, -0.05) is 0 Å². The first kappa shape index (κ1) is 16.8. The number of hydrogen-bond donors (Lipinski definition) is 2. The molecule has 0 aliphatic rings. The van der Waals surface area contributed by atoms with Gasteiger partial charge in [0, 0.05) is 13.1 Å². The Labute approximate surface area is 121 Å². The van der Waals surface area contributed by atoms with E-state index in [1.54, 1.807) is 11.9 Å². The number of amides is 1. The predicted molar refractivity (Wildman–Crippen MR) is 77.6 cm³/mol. The summed E-state index contributed by atoms with van der Waals surface area (Å²) in [5.41, 5.74) is -1.11. The highest BCUT2D eigenvalue weighted by atomic mass is 16.5. The minimum absolute atomic E-state index is 0.0147. The van der Waals surface area contributed by atoms with Crippen LogP contribution in [-0.4, -0.2) is 56.9 Å². The van der Waals surface area contributed by atoms with Gasteiger partial charge in [0.1, 0.15) is 11.5 Å². The summed E-state index contributed by atoms with van der Waals surface area (Å²) in [6.07, 6.45) is 0. The molecule has 0 bridgehead atoms. The van der Waals surface area contributed by atoms with Gasteiger partial charge in [-0.25, -0.2) is 0 Å². The van der Waals surface area contributed by atoms with E-state index in [-0.39, 0.29) is 42.8 Å². The van der Waals surface area contributed by atoms with E-state index in [1.807, 2.05) is 0 Å². The van der Waals surface area contributed by atoms with E-state index in [0.29, 0.717) is 6.54 Å². The Morgan fingerprint density at radius 1 is 1.14 bits per heavy atom. The third-order valence-electron chi connectivity index (χ3n) is 2.73. The highest BCUT2D eigenvalue weighted by molar-refractivity contribution is 5.80. The number of carbonyl (C=O) groups excluding carboxylic acids is 2. The largest absolute Gasteiger partial charge is 0.491 e. The SMILES string of the molecule is COc1c(NCCNC(=O)CN(C)CC(C)=O)c(=O)c1=O. The molecule has 21 heavy (non-hydrogen) atoms. The molecule has 0 aliphatic carbocycles. The van der Waals surface area contributed by atoms with Gasteiger partial charge in [0.05, 0.1) is 20.2 Å². The van der Waals surface area contributed by atoms with Crippen molar-refractivity contribution in [2.45, 2.75) is 6.92 Å². The standard InChI is InChI=1S/C13H19N3O5/c1-8(17)6-16(2)7-9(18)14-4-5-15-10-11(19)12(20)13(10)21-3/h15H,4-7H2,1-3H3,(H,14,18). The number of likely N-dealkylation sites (N-methyl/N-ethyl adjacent to an activating group) is 1. The summed E-state index contributed by atoms with van der Waals surface area (Å²) in [7, 11) is 2.99. The average molecular weight is 297 g/mol. The van der Waals surface area contributed by atoms with Crippen LogP contribution >= 0.6 is 0 Å². The van der Waals surface area contributed by atoms with Crippen LogP contribution in [0, 0.1) is 0 Å². The van der Waals surface area contributed by atoms with Gasteiger partial charge >= 0.3 is 0 Å². The summed E-state index contributed by atoms with van der Waals surface area (Å²) < 4.78 is 4.77. The molecule has 0 fully saturated rings. The number of nitrogens with one attached hydrogen (secondary N) is 2. The van der Waals surface area contributed by atoms with Crippen molar-refractivity contribution in [2.75, 3.05) is 45.7 Å². The number of carbonyl (C=O) groups is 2. The van der Waals surface area contributed by atoms with Crippen LogP contribution in [0.3, 0.4) is 0 Å². The zero-order valence-corrected chi connectivity index (χ0v) is 12.3. The lowest BCUT2D eigenvalue weighted by Gasteiger charge is -2.15. The third kappa shape index (κ3) is 4.67. The van der Waals surface area contributed by atoms with Crippen molar-refractivity contribution in [1.82, 2.24) is 10.2 Å². The van der Waals surface area contributed by atoms with Crippen LogP contribution in [0.5, 0.6) is 5.75 Å². The lowest BCUT2D eigenvalue weighted by Crippen LogP contribution is -2.40. The lowest BCUT2D eigenvalue weighted by molar-refractivity contribution is -0.123. The molecule has 0 spiro atoms. The molecule has 8 nitrogen and oxygen atoms in total. The van der Waals surface area contributed by atoms with E-state index in [0.717, 1.165) is 0 Å². The second kappa shape index (κ2) is 7.53. The third-order valence-corrected chi connectivity index (χ3v) is 2.73. The molecule has 0 atom stereocenters. The van der Waals surface area contributed by atoms with Gasteiger partial charge in [-0.05, 0) is 14.0 Å². The van der Waals surface area contributed by atoms with Crippen molar-refractivity contribution in [3.63, 3.8) is 0 Å². The van der Waals surface area contributed by atoms with Gasteiger partial charge in [-0.15, -0.1) is 0 Å². The number of anilines is 1. The van der Waals surface area contributed by atoms with Gasteiger partial charge in [0.25, 0.3) is 10.9 Å². The first-order chi connectivity index (χ1) is 9.86. The van der Waals surface area contributed by atoms with Gasteiger partial charge in [-0.2, -0.15) is 0 Å². The van der Waals surface area contributed by atoms with Crippen molar-refractivity contribution < 1.29 is 14.3 Å². The monoisotopic (exact) mass is 297 g/mol. The molecule has 1 rings (SSSR count). The van der Waals surface area contributed by atoms with Crippen LogP contribution < -0.4 is 26.2 Å². The minimum Gasteiger partial charge on any atom is -0.491 e. The average Bonchev–Trinajstić information content (AvgIpc) is 2.40. The summed E-state index contributed by atoms with van der Waals surface area (Å²) in [6.45, 7) is 2.36. The second-order valence-corrected chi connectivity index (χ2v) is 4.72. The Morgan fingerprint density at radius 2 is 1.81 bits per heavy atom. The van der Waals surface area contributed by atoms with Crippen LogP contribution in [0.2, 0.25) is 0 Å².